The Morgan fingerprint density at radius 1 is 0.943 bits per heavy atom. The Bertz CT molecular complexity index is 1200. The van der Waals surface area contributed by atoms with Crippen LogP contribution in [0.15, 0.2) is 82.4 Å². The topological polar surface area (TPSA) is 118 Å². The summed E-state index contributed by atoms with van der Waals surface area (Å²) < 4.78 is 11.5. The molecule has 3 N–H and O–H groups in total. The highest BCUT2D eigenvalue weighted by Crippen LogP contribution is 2.15. The van der Waals surface area contributed by atoms with Gasteiger partial charge in [-0.1, -0.05) is 40.2 Å². The predicted octanol–water partition coefficient (Wildman–Crippen LogP) is 3.24. The first-order chi connectivity index (χ1) is 16.9. The predicted molar refractivity (Wildman–Crippen MR) is 135 cm³/mol. The van der Waals surface area contributed by atoms with E-state index >= 15 is 0 Å². The molecule has 0 atom stereocenters. The molecule has 10 heteroatoms. The molecule has 180 valence electrons. The van der Waals surface area contributed by atoms with Crippen molar-refractivity contribution in [2.45, 2.75) is 6.54 Å². The lowest BCUT2D eigenvalue weighted by molar-refractivity contribution is -0.139. The fraction of sp³-hybridized carbons (Fsp3) is 0.120. The van der Waals surface area contributed by atoms with Crippen molar-refractivity contribution >= 4 is 45.6 Å². The monoisotopic (exact) mass is 538 g/mol. The van der Waals surface area contributed by atoms with Crippen molar-refractivity contribution in [2.24, 2.45) is 5.10 Å². The van der Waals surface area contributed by atoms with Crippen LogP contribution in [0.1, 0.15) is 11.1 Å². The second-order valence-electron chi connectivity index (χ2n) is 7.15. The second kappa shape index (κ2) is 12.9. The molecule has 0 aliphatic carbocycles. The number of ether oxygens (including phenoxy) is 2. The number of carbonyl (C=O) groups excluding carboxylic acids is 3. The Morgan fingerprint density at radius 3 is 2.40 bits per heavy atom. The molecule has 0 aromatic heterocycles. The fourth-order valence-electron chi connectivity index (χ4n) is 2.79. The average molecular weight is 539 g/mol. The van der Waals surface area contributed by atoms with Crippen LogP contribution in [0.4, 0.5) is 5.69 Å². The van der Waals surface area contributed by atoms with Gasteiger partial charge in [-0.15, -0.1) is 0 Å². The van der Waals surface area contributed by atoms with Crippen LogP contribution in [0.2, 0.25) is 0 Å². The standard InChI is InChI=1S/C25H23BrN4O5/c1-34-21-11-5-17(6-12-21)14-27-24(32)25(33)30-28-15-18-3-2-4-22(13-18)35-16-23(31)29-20-9-7-19(26)8-10-20/h2-13,15H,14,16H2,1H3,(H,27,32)(H,29,31)(H,30,33)/b28-15-. The number of halogens is 1. The van der Waals surface area contributed by atoms with E-state index in [9.17, 15) is 14.4 Å². The molecule has 0 aliphatic rings. The van der Waals surface area contributed by atoms with Gasteiger partial charge in [0.05, 0.1) is 13.3 Å². The summed E-state index contributed by atoms with van der Waals surface area (Å²) in [6, 6.07) is 21.1. The molecule has 9 nitrogen and oxygen atoms in total. The van der Waals surface area contributed by atoms with E-state index in [1.807, 2.05) is 12.1 Å². The van der Waals surface area contributed by atoms with Crippen molar-refractivity contribution in [3.05, 3.63) is 88.4 Å². The molecule has 3 aromatic carbocycles. The van der Waals surface area contributed by atoms with Crippen LogP contribution in [0.3, 0.4) is 0 Å². The highest BCUT2D eigenvalue weighted by molar-refractivity contribution is 9.10. The Balaban J connectivity index is 1.43. The third-order valence-electron chi connectivity index (χ3n) is 4.55. The first kappa shape index (κ1) is 25.4. The van der Waals surface area contributed by atoms with Gasteiger partial charge in [0.25, 0.3) is 5.91 Å². The number of amides is 3. The zero-order valence-electron chi connectivity index (χ0n) is 18.8. The Kier molecular flexibility index (Phi) is 9.38. The summed E-state index contributed by atoms with van der Waals surface area (Å²) >= 11 is 3.34. The first-order valence-corrected chi connectivity index (χ1v) is 11.2. The second-order valence-corrected chi connectivity index (χ2v) is 8.06. The Morgan fingerprint density at radius 2 is 1.69 bits per heavy atom. The number of benzene rings is 3. The van der Waals surface area contributed by atoms with Crippen LogP contribution in [0.5, 0.6) is 11.5 Å². The van der Waals surface area contributed by atoms with Gasteiger partial charge in [-0.05, 0) is 59.7 Å². The summed E-state index contributed by atoms with van der Waals surface area (Å²) in [5, 5.41) is 9.05. The van der Waals surface area contributed by atoms with Crippen molar-refractivity contribution in [2.75, 3.05) is 19.0 Å². The SMILES string of the molecule is COc1ccc(CNC(=O)C(=O)N/N=C\c2cccc(OCC(=O)Nc3ccc(Br)cc3)c2)cc1. The molecule has 3 amide bonds. The van der Waals surface area contributed by atoms with Gasteiger partial charge < -0.3 is 20.1 Å². The highest BCUT2D eigenvalue weighted by Gasteiger charge is 2.12. The maximum absolute atomic E-state index is 12.1. The highest BCUT2D eigenvalue weighted by atomic mass is 79.9. The molecular formula is C25H23BrN4O5. The minimum Gasteiger partial charge on any atom is -0.497 e. The largest absolute Gasteiger partial charge is 0.497 e. The summed E-state index contributed by atoms with van der Waals surface area (Å²) in [7, 11) is 1.57. The number of anilines is 1. The number of hydrogen-bond acceptors (Lipinski definition) is 6. The van der Waals surface area contributed by atoms with E-state index in [-0.39, 0.29) is 19.1 Å². The molecule has 3 rings (SSSR count). The van der Waals surface area contributed by atoms with Crippen LogP contribution in [-0.2, 0) is 20.9 Å². The van der Waals surface area contributed by atoms with E-state index in [1.54, 1.807) is 67.8 Å². The van der Waals surface area contributed by atoms with Gasteiger partial charge in [-0.3, -0.25) is 14.4 Å². The molecule has 0 aliphatic heterocycles. The zero-order valence-corrected chi connectivity index (χ0v) is 20.4. The summed E-state index contributed by atoms with van der Waals surface area (Å²) in [6.07, 6.45) is 1.36. The van der Waals surface area contributed by atoms with Gasteiger partial charge in [-0.2, -0.15) is 5.10 Å². The van der Waals surface area contributed by atoms with Crippen LogP contribution in [0, 0.1) is 0 Å². The molecular weight excluding hydrogens is 516 g/mol. The smallest absolute Gasteiger partial charge is 0.329 e. The number of hydrazone groups is 1. The molecule has 3 aromatic rings. The lowest BCUT2D eigenvalue weighted by Crippen LogP contribution is -2.37. The first-order valence-electron chi connectivity index (χ1n) is 10.5. The third-order valence-corrected chi connectivity index (χ3v) is 5.08. The van der Waals surface area contributed by atoms with E-state index in [1.165, 1.54) is 6.21 Å². The molecule has 0 bridgehead atoms. The number of methoxy groups -OCH3 is 1. The maximum Gasteiger partial charge on any atom is 0.329 e. The summed E-state index contributed by atoms with van der Waals surface area (Å²) in [4.78, 5) is 36.0. The quantitative estimate of drug-likeness (QED) is 0.219. The van der Waals surface area contributed by atoms with Gasteiger partial charge in [0.1, 0.15) is 11.5 Å². The lowest BCUT2D eigenvalue weighted by atomic mass is 10.2. The van der Waals surface area contributed by atoms with Crippen molar-refractivity contribution in [3.8, 4) is 11.5 Å². The number of rotatable bonds is 9. The number of nitrogens with zero attached hydrogens (tertiary/aromatic N) is 1. The Labute approximate surface area is 210 Å². The molecule has 0 unspecified atom stereocenters. The van der Waals surface area contributed by atoms with E-state index in [0.29, 0.717) is 22.7 Å². The summed E-state index contributed by atoms with van der Waals surface area (Å²) in [6.45, 7) is 0.0104. The van der Waals surface area contributed by atoms with Crippen LogP contribution in [0.25, 0.3) is 0 Å². The molecule has 0 spiro atoms. The van der Waals surface area contributed by atoms with E-state index < -0.39 is 11.8 Å². The summed E-state index contributed by atoms with van der Waals surface area (Å²) in [5.41, 5.74) is 4.26. The maximum atomic E-state index is 12.1. The molecule has 0 heterocycles. The third kappa shape index (κ3) is 8.59. The minimum atomic E-state index is -0.897. The van der Waals surface area contributed by atoms with Gasteiger partial charge in [0, 0.05) is 16.7 Å². The van der Waals surface area contributed by atoms with Crippen molar-refractivity contribution < 1.29 is 23.9 Å². The molecule has 0 saturated heterocycles. The van der Waals surface area contributed by atoms with Gasteiger partial charge in [0.2, 0.25) is 0 Å². The van der Waals surface area contributed by atoms with Crippen molar-refractivity contribution in [1.82, 2.24) is 10.7 Å². The normalized spacial score (nSPS) is 10.5. The van der Waals surface area contributed by atoms with E-state index in [0.717, 1.165) is 10.0 Å². The molecule has 0 radical (unpaired) electrons. The van der Waals surface area contributed by atoms with E-state index in [2.05, 4.69) is 37.1 Å². The van der Waals surface area contributed by atoms with E-state index in [4.69, 9.17) is 9.47 Å². The van der Waals surface area contributed by atoms with Gasteiger partial charge >= 0.3 is 11.8 Å². The van der Waals surface area contributed by atoms with Crippen LogP contribution >= 0.6 is 15.9 Å². The molecule has 0 saturated carbocycles. The average Bonchev–Trinajstić information content (AvgIpc) is 2.88. The number of nitrogens with one attached hydrogen (secondary N) is 3. The van der Waals surface area contributed by atoms with Crippen molar-refractivity contribution in [1.29, 1.82) is 0 Å². The molecule has 0 fully saturated rings. The Hall–Kier alpha value is -4.18. The van der Waals surface area contributed by atoms with Gasteiger partial charge in [-0.25, -0.2) is 5.43 Å². The van der Waals surface area contributed by atoms with Crippen molar-refractivity contribution in [3.63, 3.8) is 0 Å². The molecule has 35 heavy (non-hydrogen) atoms. The number of carbonyl (C=O) groups is 3. The summed E-state index contributed by atoms with van der Waals surface area (Å²) in [5.74, 6) is -0.869. The zero-order chi connectivity index (χ0) is 25.0. The van der Waals surface area contributed by atoms with Crippen LogP contribution in [-0.4, -0.2) is 37.7 Å². The number of hydrogen-bond donors (Lipinski definition) is 3. The van der Waals surface area contributed by atoms with Crippen LogP contribution < -0.4 is 25.5 Å². The fourth-order valence-corrected chi connectivity index (χ4v) is 3.05. The lowest BCUT2D eigenvalue weighted by Gasteiger charge is -2.08. The minimum absolute atomic E-state index is 0.179. The van der Waals surface area contributed by atoms with Gasteiger partial charge in [0.15, 0.2) is 6.61 Å².